The second kappa shape index (κ2) is 8.08. The van der Waals surface area contributed by atoms with Crippen LogP contribution in [0.4, 0.5) is 23.2 Å². The molecule has 2 aromatic carbocycles. The van der Waals surface area contributed by atoms with E-state index in [9.17, 15) is 26.0 Å². The Hall–Kier alpha value is -2.13. The van der Waals surface area contributed by atoms with Crippen LogP contribution >= 0.6 is 0 Å². The lowest BCUT2D eigenvalue weighted by molar-refractivity contribution is -0.137. The molecule has 0 aliphatic carbocycles. The van der Waals surface area contributed by atoms with Gasteiger partial charge in [0, 0.05) is 25.3 Å². The molecule has 0 spiro atoms. The van der Waals surface area contributed by atoms with Crippen molar-refractivity contribution in [2.45, 2.75) is 23.9 Å². The van der Waals surface area contributed by atoms with Crippen LogP contribution in [-0.2, 0) is 29.0 Å². The minimum Gasteiger partial charge on any atom is -0.300 e. The lowest BCUT2D eigenvalue weighted by atomic mass is 10.0. The molecule has 2 aromatic rings. The van der Waals surface area contributed by atoms with Crippen LogP contribution in [0.15, 0.2) is 47.4 Å². The first kappa shape index (κ1) is 20.6. The normalized spacial score (nSPS) is 15.7. The third kappa shape index (κ3) is 4.82. The Labute approximate surface area is 161 Å². The van der Waals surface area contributed by atoms with Gasteiger partial charge >= 0.3 is 6.18 Å². The van der Waals surface area contributed by atoms with Gasteiger partial charge in [-0.2, -0.15) is 13.2 Å². The van der Waals surface area contributed by atoms with Crippen molar-refractivity contribution in [2.75, 3.05) is 31.0 Å². The van der Waals surface area contributed by atoms with Gasteiger partial charge in [0.15, 0.2) is 0 Å². The fraction of sp³-hybridized carbons (Fsp3) is 0.368. The maximum absolute atomic E-state index is 12.6. The van der Waals surface area contributed by atoms with Gasteiger partial charge in [0.2, 0.25) is 0 Å². The third-order valence-corrected chi connectivity index (χ3v) is 6.14. The smallest absolute Gasteiger partial charge is 0.300 e. The molecule has 0 radical (unpaired) electrons. The molecule has 1 heterocycles. The van der Waals surface area contributed by atoms with Crippen LogP contribution in [-0.4, -0.2) is 39.6 Å². The van der Waals surface area contributed by atoms with Crippen LogP contribution in [0, 0.1) is 0 Å². The van der Waals surface area contributed by atoms with Crippen molar-refractivity contribution in [3.8, 4) is 0 Å². The Kier molecular flexibility index (Phi) is 5.95. The number of nitrogens with one attached hydrogen (secondary N) is 1. The standard InChI is InChI=1S/C19H20F4N2O2S/c20-9-12-25-10-7-14-1-4-17(13-15(14)8-11-25)24-28(26,27)18-5-2-16(3-6-18)19(21,22)23/h1-6,13,24H,7-12H2. The summed E-state index contributed by atoms with van der Waals surface area (Å²) < 4.78 is 77.9. The molecule has 0 unspecified atom stereocenters. The fourth-order valence-electron chi connectivity index (χ4n) is 3.22. The highest BCUT2D eigenvalue weighted by atomic mass is 32.2. The van der Waals surface area contributed by atoms with Crippen LogP contribution < -0.4 is 4.72 Å². The van der Waals surface area contributed by atoms with E-state index in [0.717, 1.165) is 48.4 Å². The molecule has 4 nitrogen and oxygen atoms in total. The Morgan fingerprint density at radius 3 is 2.21 bits per heavy atom. The molecule has 0 amide bonds. The highest BCUT2D eigenvalue weighted by Crippen LogP contribution is 2.30. The first-order valence-corrected chi connectivity index (χ1v) is 10.3. The van der Waals surface area contributed by atoms with Gasteiger partial charge in [-0.1, -0.05) is 6.07 Å². The van der Waals surface area contributed by atoms with Crippen LogP contribution in [0.5, 0.6) is 0 Å². The van der Waals surface area contributed by atoms with Gasteiger partial charge in [-0.05, 0) is 60.4 Å². The minimum absolute atomic E-state index is 0.246. The number of anilines is 1. The van der Waals surface area contributed by atoms with Crippen molar-refractivity contribution >= 4 is 15.7 Å². The molecule has 0 atom stereocenters. The number of hydrogen-bond donors (Lipinski definition) is 1. The Balaban J connectivity index is 1.77. The second-order valence-corrected chi connectivity index (χ2v) is 8.32. The molecular formula is C19H20F4N2O2S. The summed E-state index contributed by atoms with van der Waals surface area (Å²) >= 11 is 0. The van der Waals surface area contributed by atoms with Crippen molar-refractivity contribution in [3.05, 3.63) is 59.2 Å². The van der Waals surface area contributed by atoms with Gasteiger partial charge in [-0.3, -0.25) is 4.72 Å². The summed E-state index contributed by atoms with van der Waals surface area (Å²) in [5, 5.41) is 0. The third-order valence-electron chi connectivity index (χ3n) is 4.75. The number of benzene rings is 2. The van der Waals surface area contributed by atoms with Crippen LogP contribution in [0.25, 0.3) is 0 Å². The second-order valence-electron chi connectivity index (χ2n) is 6.64. The molecule has 0 fully saturated rings. The van der Waals surface area contributed by atoms with E-state index in [-0.39, 0.29) is 4.90 Å². The summed E-state index contributed by atoms with van der Waals surface area (Å²) in [4.78, 5) is 1.77. The van der Waals surface area contributed by atoms with Crippen molar-refractivity contribution in [2.24, 2.45) is 0 Å². The van der Waals surface area contributed by atoms with Crippen molar-refractivity contribution in [1.82, 2.24) is 4.90 Å². The van der Waals surface area contributed by atoms with Crippen LogP contribution in [0.1, 0.15) is 16.7 Å². The maximum Gasteiger partial charge on any atom is 0.416 e. The summed E-state index contributed by atoms with van der Waals surface area (Å²) in [6.45, 7) is 1.40. The van der Waals surface area contributed by atoms with E-state index in [1.807, 2.05) is 11.0 Å². The highest BCUT2D eigenvalue weighted by Gasteiger charge is 2.30. The molecule has 0 aromatic heterocycles. The van der Waals surface area contributed by atoms with Gasteiger partial charge in [-0.25, -0.2) is 12.8 Å². The molecular weight excluding hydrogens is 396 g/mol. The Morgan fingerprint density at radius 2 is 1.61 bits per heavy atom. The topological polar surface area (TPSA) is 49.4 Å². The molecule has 1 N–H and O–H groups in total. The Morgan fingerprint density at radius 1 is 0.964 bits per heavy atom. The summed E-state index contributed by atoms with van der Waals surface area (Å²) in [6.07, 6.45) is -3.10. The number of rotatable bonds is 5. The van der Waals surface area contributed by atoms with Gasteiger partial charge in [0.25, 0.3) is 10.0 Å². The SMILES string of the molecule is O=S(=O)(Nc1ccc2c(c1)CCN(CCF)CC2)c1ccc(C(F)(F)F)cc1. The number of hydrogen-bond acceptors (Lipinski definition) is 3. The number of halogens is 4. The first-order chi connectivity index (χ1) is 13.2. The number of fused-ring (bicyclic) bond motifs is 1. The van der Waals surface area contributed by atoms with Gasteiger partial charge < -0.3 is 4.90 Å². The van der Waals surface area contributed by atoms with Crippen molar-refractivity contribution in [3.63, 3.8) is 0 Å². The van der Waals surface area contributed by atoms with E-state index in [0.29, 0.717) is 25.2 Å². The monoisotopic (exact) mass is 416 g/mol. The highest BCUT2D eigenvalue weighted by molar-refractivity contribution is 7.92. The van der Waals surface area contributed by atoms with E-state index in [4.69, 9.17) is 0 Å². The molecule has 1 aliphatic heterocycles. The largest absolute Gasteiger partial charge is 0.416 e. The zero-order chi connectivity index (χ0) is 20.4. The molecule has 3 rings (SSSR count). The molecule has 1 aliphatic rings. The Bertz CT molecular complexity index is 928. The predicted molar refractivity (Wildman–Crippen MR) is 98.5 cm³/mol. The predicted octanol–water partition coefficient (Wildman–Crippen LogP) is 3.88. The summed E-state index contributed by atoms with van der Waals surface area (Å²) in [6, 6.07) is 8.54. The summed E-state index contributed by atoms with van der Waals surface area (Å²) in [5.74, 6) is 0. The molecule has 0 saturated carbocycles. The quantitative estimate of drug-likeness (QED) is 0.753. The van der Waals surface area contributed by atoms with Crippen molar-refractivity contribution in [1.29, 1.82) is 0 Å². The average Bonchev–Trinajstić information content (AvgIpc) is 2.83. The lowest BCUT2D eigenvalue weighted by Gasteiger charge is -2.17. The zero-order valence-corrected chi connectivity index (χ0v) is 15.8. The minimum atomic E-state index is -4.53. The number of nitrogens with zero attached hydrogens (tertiary/aromatic N) is 1. The lowest BCUT2D eigenvalue weighted by Crippen LogP contribution is -2.28. The van der Waals surface area contributed by atoms with E-state index in [2.05, 4.69) is 4.72 Å². The molecule has 28 heavy (non-hydrogen) atoms. The number of alkyl halides is 4. The van der Waals surface area contributed by atoms with Gasteiger partial charge in [0.05, 0.1) is 10.5 Å². The molecule has 0 bridgehead atoms. The van der Waals surface area contributed by atoms with E-state index in [1.54, 1.807) is 12.1 Å². The van der Waals surface area contributed by atoms with Gasteiger partial charge in [-0.15, -0.1) is 0 Å². The fourth-order valence-corrected chi connectivity index (χ4v) is 4.26. The van der Waals surface area contributed by atoms with E-state index >= 15 is 0 Å². The maximum atomic E-state index is 12.6. The first-order valence-electron chi connectivity index (χ1n) is 8.79. The van der Waals surface area contributed by atoms with E-state index in [1.165, 1.54) is 0 Å². The van der Waals surface area contributed by atoms with Crippen LogP contribution in [0.2, 0.25) is 0 Å². The number of sulfonamides is 1. The molecule has 9 heteroatoms. The van der Waals surface area contributed by atoms with Crippen molar-refractivity contribution < 1.29 is 26.0 Å². The average molecular weight is 416 g/mol. The zero-order valence-electron chi connectivity index (χ0n) is 15.0. The summed E-state index contributed by atoms with van der Waals surface area (Å²) in [7, 11) is -4.01. The molecule has 0 saturated heterocycles. The van der Waals surface area contributed by atoms with Crippen LogP contribution in [0.3, 0.4) is 0 Å². The van der Waals surface area contributed by atoms with Gasteiger partial charge in [0.1, 0.15) is 6.67 Å². The van der Waals surface area contributed by atoms with E-state index < -0.39 is 28.4 Å². The molecule has 152 valence electrons. The summed E-state index contributed by atoms with van der Waals surface area (Å²) in [5.41, 5.74) is 1.50.